The van der Waals surface area contributed by atoms with E-state index < -0.39 is 0 Å². The van der Waals surface area contributed by atoms with Crippen molar-refractivity contribution in [2.24, 2.45) is 0 Å². The van der Waals surface area contributed by atoms with Gasteiger partial charge in [-0.2, -0.15) is 0 Å². The maximum Gasteiger partial charge on any atom is 0.159 e. The number of fused-ring (bicyclic) bond motifs is 1. The Bertz CT molecular complexity index is 379. The number of nitrogens with zero attached hydrogens (tertiary/aromatic N) is 3. The fraction of sp³-hybridized carbons (Fsp3) is 0.250. The van der Waals surface area contributed by atoms with Gasteiger partial charge in [-0.25, -0.2) is 4.98 Å². The molecule has 0 amide bonds. The third-order valence-electron chi connectivity index (χ3n) is 1.73. The van der Waals surface area contributed by atoms with Crippen LogP contribution in [0.15, 0.2) is 24.8 Å². The van der Waals surface area contributed by atoms with Crippen molar-refractivity contribution < 1.29 is 0 Å². The van der Waals surface area contributed by atoms with Gasteiger partial charge < -0.3 is 9.72 Å². The fourth-order valence-corrected chi connectivity index (χ4v) is 1.20. The van der Waals surface area contributed by atoms with Crippen LogP contribution in [0.4, 0.5) is 0 Å². The molecule has 12 heavy (non-hydrogen) atoms. The van der Waals surface area contributed by atoms with Crippen LogP contribution >= 0.6 is 0 Å². The molecule has 0 aliphatic carbocycles. The predicted octanol–water partition coefficient (Wildman–Crippen LogP) is 0.449. The lowest BCUT2D eigenvalue weighted by Gasteiger charge is -2.00. The molecule has 2 aromatic heterocycles. The number of rotatable bonds is 2. The van der Waals surface area contributed by atoms with Crippen molar-refractivity contribution in [2.75, 3.05) is 7.05 Å². The van der Waals surface area contributed by atoms with Gasteiger partial charge in [0.2, 0.25) is 0 Å². The average Bonchev–Trinajstić information content (AvgIpc) is 2.53. The minimum absolute atomic E-state index is 0.751. The lowest BCUT2D eigenvalue weighted by Crippen LogP contribution is -2.08. The van der Waals surface area contributed by atoms with Gasteiger partial charge in [0.1, 0.15) is 0 Å². The monoisotopic (exact) mass is 162 g/mol. The fourth-order valence-electron chi connectivity index (χ4n) is 1.20. The first kappa shape index (κ1) is 7.24. The number of hydrogen-bond acceptors (Lipinski definition) is 3. The summed E-state index contributed by atoms with van der Waals surface area (Å²) in [6.07, 6.45) is 7.36. The second-order valence-electron chi connectivity index (χ2n) is 2.56. The molecule has 4 heteroatoms. The van der Waals surface area contributed by atoms with Crippen LogP contribution < -0.4 is 5.32 Å². The summed E-state index contributed by atoms with van der Waals surface area (Å²) >= 11 is 0. The molecule has 0 unspecified atom stereocenters. The first-order chi connectivity index (χ1) is 5.92. The second-order valence-corrected chi connectivity index (χ2v) is 2.56. The molecule has 1 N–H and O–H groups in total. The van der Waals surface area contributed by atoms with Crippen LogP contribution in [0.5, 0.6) is 0 Å². The van der Waals surface area contributed by atoms with E-state index in [0.29, 0.717) is 0 Å². The zero-order valence-corrected chi connectivity index (χ0v) is 6.86. The largest absolute Gasteiger partial charge is 0.314 e. The molecule has 0 spiro atoms. The number of nitrogens with one attached hydrogen (secondary N) is 1. The topological polar surface area (TPSA) is 42.2 Å². The predicted molar refractivity (Wildman–Crippen MR) is 45.8 cm³/mol. The molecular formula is C8H10N4. The van der Waals surface area contributed by atoms with Gasteiger partial charge in [-0.3, -0.25) is 4.98 Å². The molecule has 0 aromatic carbocycles. The molecule has 0 aliphatic rings. The molecular weight excluding hydrogens is 152 g/mol. The highest BCUT2D eigenvalue weighted by Gasteiger charge is 2.00. The van der Waals surface area contributed by atoms with Gasteiger partial charge >= 0.3 is 0 Å². The Hall–Kier alpha value is -1.42. The third-order valence-corrected chi connectivity index (χ3v) is 1.73. The van der Waals surface area contributed by atoms with Crippen molar-refractivity contribution in [2.45, 2.75) is 6.54 Å². The summed E-state index contributed by atoms with van der Waals surface area (Å²) in [5.74, 6) is 0. The van der Waals surface area contributed by atoms with Gasteiger partial charge in [0, 0.05) is 31.3 Å². The average molecular weight is 162 g/mol. The smallest absolute Gasteiger partial charge is 0.159 e. The van der Waals surface area contributed by atoms with Gasteiger partial charge in [-0.15, -0.1) is 0 Å². The van der Waals surface area contributed by atoms with Crippen LogP contribution in [0.2, 0.25) is 0 Å². The number of imidazole rings is 1. The molecule has 0 fully saturated rings. The highest BCUT2D eigenvalue weighted by molar-refractivity contribution is 5.42. The normalized spacial score (nSPS) is 10.8. The van der Waals surface area contributed by atoms with Gasteiger partial charge in [-0.1, -0.05) is 0 Å². The third kappa shape index (κ3) is 1.06. The molecule has 0 radical (unpaired) electrons. The summed E-state index contributed by atoms with van der Waals surface area (Å²) in [6.45, 7) is 0.751. The van der Waals surface area contributed by atoms with E-state index in [1.54, 1.807) is 12.4 Å². The van der Waals surface area contributed by atoms with Crippen LogP contribution in [0.3, 0.4) is 0 Å². The summed E-state index contributed by atoms with van der Waals surface area (Å²) < 4.78 is 1.96. The van der Waals surface area contributed by atoms with Crippen molar-refractivity contribution in [1.82, 2.24) is 19.7 Å². The van der Waals surface area contributed by atoms with Crippen molar-refractivity contribution in [1.29, 1.82) is 0 Å². The molecule has 2 heterocycles. The summed E-state index contributed by atoms with van der Waals surface area (Å²) in [4.78, 5) is 8.42. The molecule has 0 saturated carbocycles. The lowest BCUT2D eigenvalue weighted by molar-refractivity contribution is 0.788. The van der Waals surface area contributed by atoms with Crippen molar-refractivity contribution in [3.8, 4) is 0 Å². The van der Waals surface area contributed by atoms with Gasteiger partial charge in [0.15, 0.2) is 5.65 Å². The molecule has 0 bridgehead atoms. The van der Waals surface area contributed by atoms with Crippen LogP contribution in [-0.4, -0.2) is 21.4 Å². The maximum absolute atomic E-state index is 4.22. The Kier molecular flexibility index (Phi) is 1.75. The minimum atomic E-state index is 0.751. The Balaban J connectivity index is 2.57. The van der Waals surface area contributed by atoms with Crippen LogP contribution in [0.25, 0.3) is 5.65 Å². The molecule has 0 saturated heterocycles. The Morgan fingerprint density at radius 2 is 2.08 bits per heavy atom. The molecule has 4 nitrogen and oxygen atoms in total. The molecule has 62 valence electrons. The van der Waals surface area contributed by atoms with E-state index in [4.69, 9.17) is 0 Å². The van der Waals surface area contributed by atoms with Crippen molar-refractivity contribution >= 4 is 5.65 Å². The zero-order chi connectivity index (χ0) is 8.39. The van der Waals surface area contributed by atoms with Gasteiger partial charge in [0.25, 0.3) is 0 Å². The van der Waals surface area contributed by atoms with Crippen molar-refractivity contribution in [3.63, 3.8) is 0 Å². The van der Waals surface area contributed by atoms with Crippen LogP contribution in [0, 0.1) is 0 Å². The number of aromatic nitrogens is 3. The maximum atomic E-state index is 4.22. The van der Waals surface area contributed by atoms with Crippen LogP contribution in [0.1, 0.15) is 5.69 Å². The molecule has 0 atom stereocenters. The molecule has 2 rings (SSSR count). The highest BCUT2D eigenvalue weighted by Crippen LogP contribution is 2.03. The molecule has 2 aromatic rings. The van der Waals surface area contributed by atoms with E-state index >= 15 is 0 Å². The summed E-state index contributed by atoms with van der Waals surface area (Å²) in [6, 6.07) is 0. The van der Waals surface area contributed by atoms with E-state index in [-0.39, 0.29) is 0 Å². The zero-order valence-electron chi connectivity index (χ0n) is 6.86. The van der Waals surface area contributed by atoms with E-state index in [2.05, 4.69) is 15.3 Å². The van der Waals surface area contributed by atoms with E-state index in [1.807, 2.05) is 23.8 Å². The van der Waals surface area contributed by atoms with E-state index in [9.17, 15) is 0 Å². The summed E-state index contributed by atoms with van der Waals surface area (Å²) in [5.41, 5.74) is 1.90. The first-order valence-electron chi connectivity index (χ1n) is 3.83. The quantitative estimate of drug-likeness (QED) is 0.697. The first-order valence-corrected chi connectivity index (χ1v) is 3.83. The highest BCUT2D eigenvalue weighted by atomic mass is 15.0. The SMILES string of the molecule is CNCc1nccn2ccnc12. The van der Waals surface area contributed by atoms with E-state index in [1.165, 1.54) is 0 Å². The summed E-state index contributed by atoms with van der Waals surface area (Å²) in [7, 11) is 1.90. The minimum Gasteiger partial charge on any atom is -0.314 e. The van der Waals surface area contributed by atoms with E-state index in [0.717, 1.165) is 17.9 Å². The Morgan fingerprint density at radius 3 is 2.83 bits per heavy atom. The number of hydrogen-bond donors (Lipinski definition) is 1. The van der Waals surface area contributed by atoms with Gasteiger partial charge in [-0.05, 0) is 7.05 Å². The van der Waals surface area contributed by atoms with Gasteiger partial charge in [0.05, 0.1) is 5.69 Å². The lowest BCUT2D eigenvalue weighted by atomic mass is 10.4. The van der Waals surface area contributed by atoms with Crippen molar-refractivity contribution in [3.05, 3.63) is 30.5 Å². The molecule has 0 aliphatic heterocycles. The Morgan fingerprint density at radius 1 is 1.33 bits per heavy atom. The second kappa shape index (κ2) is 2.91. The van der Waals surface area contributed by atoms with Crippen LogP contribution in [-0.2, 0) is 6.54 Å². The summed E-state index contributed by atoms with van der Waals surface area (Å²) in [5, 5.41) is 3.05. The standard InChI is InChI=1S/C8H10N4/c1-9-6-7-8-11-3-5-12(8)4-2-10-7/h2-5,9H,6H2,1H3. The Labute approximate surface area is 70.3 Å².